The molecule has 1 amide bonds. The second-order valence-electron chi connectivity index (χ2n) is 7.88. The molecule has 1 aromatic heterocycles. The van der Waals surface area contributed by atoms with Crippen molar-refractivity contribution in [2.75, 3.05) is 13.1 Å². The maximum absolute atomic E-state index is 12.1. The molecule has 28 heavy (non-hydrogen) atoms. The lowest BCUT2D eigenvalue weighted by Gasteiger charge is -2.36. The van der Waals surface area contributed by atoms with Gasteiger partial charge in [0.1, 0.15) is 5.75 Å². The van der Waals surface area contributed by atoms with Gasteiger partial charge in [0.25, 0.3) is 0 Å². The molecule has 1 atom stereocenters. The van der Waals surface area contributed by atoms with E-state index in [9.17, 15) is 9.90 Å². The number of nitrogens with one attached hydrogen (secondary N) is 1. The number of aromatic nitrogens is 1. The Hall–Kier alpha value is -2.40. The molecule has 1 aliphatic heterocycles. The summed E-state index contributed by atoms with van der Waals surface area (Å²) in [5.41, 5.74) is 2.30. The maximum Gasteiger partial charge on any atom is 0.220 e. The molecule has 1 fully saturated rings. The zero-order valence-corrected chi connectivity index (χ0v) is 16.7. The third kappa shape index (κ3) is 6.34. The molecule has 5 heteroatoms. The molecule has 3 rings (SSSR count). The standard InChI is InChI=1S/C23H31N3O2/c1-18(15-20-4-7-22(27)8-5-20)26-13-10-19(11-14-26)6-9-23(28)25-17-21-3-2-12-24-16-21/h2-5,7-8,12,16,18-19,27H,6,9-11,13-15,17H2,1H3,(H,25,28). The third-order valence-electron chi connectivity index (χ3n) is 5.73. The van der Waals surface area contributed by atoms with E-state index in [-0.39, 0.29) is 5.91 Å². The van der Waals surface area contributed by atoms with E-state index >= 15 is 0 Å². The summed E-state index contributed by atoms with van der Waals surface area (Å²) in [6.07, 6.45) is 8.43. The van der Waals surface area contributed by atoms with Crippen LogP contribution in [-0.2, 0) is 17.8 Å². The molecule has 0 saturated carbocycles. The van der Waals surface area contributed by atoms with Gasteiger partial charge in [-0.05, 0) is 80.9 Å². The van der Waals surface area contributed by atoms with Crippen LogP contribution in [0, 0.1) is 5.92 Å². The Morgan fingerprint density at radius 2 is 1.96 bits per heavy atom. The topological polar surface area (TPSA) is 65.5 Å². The largest absolute Gasteiger partial charge is 0.508 e. The molecule has 0 aliphatic carbocycles. The summed E-state index contributed by atoms with van der Waals surface area (Å²) in [6.45, 7) is 5.03. The van der Waals surface area contributed by atoms with Gasteiger partial charge in [0.2, 0.25) is 5.91 Å². The minimum absolute atomic E-state index is 0.131. The van der Waals surface area contributed by atoms with Crippen molar-refractivity contribution in [3.63, 3.8) is 0 Å². The molecule has 2 N–H and O–H groups in total. The minimum Gasteiger partial charge on any atom is -0.508 e. The summed E-state index contributed by atoms with van der Waals surface area (Å²) in [4.78, 5) is 18.7. The van der Waals surface area contributed by atoms with Crippen LogP contribution in [0.5, 0.6) is 5.75 Å². The van der Waals surface area contributed by atoms with Gasteiger partial charge in [-0.25, -0.2) is 0 Å². The number of likely N-dealkylation sites (tertiary alicyclic amines) is 1. The van der Waals surface area contributed by atoms with Crippen LogP contribution in [0.1, 0.15) is 43.7 Å². The second-order valence-corrected chi connectivity index (χ2v) is 7.88. The first kappa shape index (κ1) is 20.3. The van der Waals surface area contributed by atoms with E-state index in [2.05, 4.69) is 22.1 Å². The molecule has 1 saturated heterocycles. The van der Waals surface area contributed by atoms with E-state index in [4.69, 9.17) is 0 Å². The molecular weight excluding hydrogens is 350 g/mol. The summed E-state index contributed by atoms with van der Waals surface area (Å²) >= 11 is 0. The minimum atomic E-state index is 0.131. The number of pyridine rings is 1. The highest BCUT2D eigenvalue weighted by molar-refractivity contribution is 5.75. The number of amides is 1. The third-order valence-corrected chi connectivity index (χ3v) is 5.73. The SMILES string of the molecule is CC(Cc1ccc(O)cc1)N1CCC(CCC(=O)NCc2cccnc2)CC1. The number of rotatable bonds is 8. The predicted molar refractivity (Wildman–Crippen MR) is 111 cm³/mol. The molecule has 1 aliphatic rings. The number of aromatic hydroxyl groups is 1. The van der Waals surface area contributed by atoms with Crippen molar-refractivity contribution in [3.8, 4) is 5.75 Å². The predicted octanol–water partition coefficient (Wildman–Crippen LogP) is 3.53. The van der Waals surface area contributed by atoms with E-state index in [1.54, 1.807) is 24.5 Å². The van der Waals surface area contributed by atoms with Gasteiger partial charge in [-0.3, -0.25) is 9.78 Å². The molecule has 2 aromatic rings. The molecule has 0 bridgehead atoms. The average Bonchev–Trinajstić information content (AvgIpc) is 2.73. The van der Waals surface area contributed by atoms with Gasteiger partial charge in [-0.1, -0.05) is 18.2 Å². The molecule has 2 heterocycles. The second kappa shape index (κ2) is 10.2. The van der Waals surface area contributed by atoms with Crippen LogP contribution < -0.4 is 5.32 Å². The fourth-order valence-electron chi connectivity index (χ4n) is 3.91. The van der Waals surface area contributed by atoms with Crippen LogP contribution in [0.4, 0.5) is 0 Å². The normalized spacial score (nSPS) is 16.6. The Kier molecular flexibility index (Phi) is 7.43. The maximum atomic E-state index is 12.1. The molecule has 0 spiro atoms. The number of phenolic OH excluding ortho intramolecular Hbond substituents is 1. The van der Waals surface area contributed by atoms with Crippen molar-refractivity contribution >= 4 is 5.91 Å². The highest BCUT2D eigenvalue weighted by Crippen LogP contribution is 2.24. The number of nitrogens with zero attached hydrogens (tertiary/aromatic N) is 2. The number of carbonyl (C=O) groups excluding carboxylic acids is 1. The molecular formula is C23H31N3O2. The molecule has 0 radical (unpaired) electrons. The van der Waals surface area contributed by atoms with E-state index < -0.39 is 0 Å². The lowest BCUT2D eigenvalue weighted by molar-refractivity contribution is -0.121. The average molecular weight is 382 g/mol. The first-order chi connectivity index (χ1) is 13.6. The highest BCUT2D eigenvalue weighted by Gasteiger charge is 2.23. The number of hydrogen-bond acceptors (Lipinski definition) is 4. The van der Waals surface area contributed by atoms with Crippen molar-refractivity contribution < 1.29 is 9.90 Å². The molecule has 5 nitrogen and oxygen atoms in total. The summed E-state index contributed by atoms with van der Waals surface area (Å²) < 4.78 is 0. The van der Waals surface area contributed by atoms with Gasteiger partial charge in [-0.2, -0.15) is 0 Å². The summed E-state index contributed by atoms with van der Waals surface area (Å²) in [7, 11) is 0. The van der Waals surface area contributed by atoms with E-state index in [0.29, 0.717) is 30.7 Å². The smallest absolute Gasteiger partial charge is 0.220 e. The van der Waals surface area contributed by atoms with Crippen LogP contribution >= 0.6 is 0 Å². The quantitative estimate of drug-likeness (QED) is 0.734. The van der Waals surface area contributed by atoms with Gasteiger partial charge < -0.3 is 15.3 Å². The van der Waals surface area contributed by atoms with Crippen molar-refractivity contribution in [2.24, 2.45) is 5.92 Å². The Bertz CT molecular complexity index is 725. The Labute approximate surface area is 167 Å². The fraction of sp³-hybridized carbons (Fsp3) is 0.478. The van der Waals surface area contributed by atoms with Gasteiger partial charge in [0.15, 0.2) is 0 Å². The van der Waals surface area contributed by atoms with Gasteiger partial charge in [0.05, 0.1) is 0 Å². The first-order valence-corrected chi connectivity index (χ1v) is 10.3. The number of piperidine rings is 1. The van der Waals surface area contributed by atoms with E-state index in [1.807, 2.05) is 24.3 Å². The summed E-state index contributed by atoms with van der Waals surface area (Å²) in [6, 6.07) is 11.9. The number of benzene rings is 1. The summed E-state index contributed by atoms with van der Waals surface area (Å²) in [5.74, 6) is 1.09. The number of carbonyl (C=O) groups is 1. The fourth-order valence-corrected chi connectivity index (χ4v) is 3.91. The lowest BCUT2D eigenvalue weighted by atomic mass is 9.91. The monoisotopic (exact) mass is 381 g/mol. The lowest BCUT2D eigenvalue weighted by Crippen LogP contribution is -2.41. The van der Waals surface area contributed by atoms with Crippen LogP contribution in [0.25, 0.3) is 0 Å². The van der Waals surface area contributed by atoms with Crippen molar-refractivity contribution in [3.05, 3.63) is 59.9 Å². The first-order valence-electron chi connectivity index (χ1n) is 10.3. The zero-order valence-electron chi connectivity index (χ0n) is 16.7. The Morgan fingerprint density at radius 3 is 2.64 bits per heavy atom. The highest BCUT2D eigenvalue weighted by atomic mass is 16.3. The van der Waals surface area contributed by atoms with E-state index in [0.717, 1.165) is 44.3 Å². The van der Waals surface area contributed by atoms with Crippen molar-refractivity contribution in [1.29, 1.82) is 0 Å². The van der Waals surface area contributed by atoms with Crippen LogP contribution in [0.3, 0.4) is 0 Å². The van der Waals surface area contributed by atoms with Crippen LogP contribution in [-0.4, -0.2) is 40.0 Å². The summed E-state index contributed by atoms with van der Waals surface area (Å²) in [5, 5.41) is 12.4. The molecule has 1 unspecified atom stereocenters. The Morgan fingerprint density at radius 1 is 1.21 bits per heavy atom. The molecule has 1 aromatic carbocycles. The number of hydrogen-bond donors (Lipinski definition) is 2. The zero-order chi connectivity index (χ0) is 19.8. The van der Waals surface area contributed by atoms with Gasteiger partial charge in [-0.15, -0.1) is 0 Å². The van der Waals surface area contributed by atoms with Crippen molar-refractivity contribution in [1.82, 2.24) is 15.2 Å². The van der Waals surface area contributed by atoms with Gasteiger partial charge >= 0.3 is 0 Å². The van der Waals surface area contributed by atoms with Crippen LogP contribution in [0.2, 0.25) is 0 Å². The van der Waals surface area contributed by atoms with Crippen molar-refractivity contribution in [2.45, 2.75) is 51.6 Å². The van der Waals surface area contributed by atoms with E-state index in [1.165, 1.54) is 5.56 Å². The van der Waals surface area contributed by atoms with Gasteiger partial charge in [0, 0.05) is 31.4 Å². The Balaban J connectivity index is 1.33. The number of phenols is 1. The molecule has 150 valence electrons. The van der Waals surface area contributed by atoms with Crippen LogP contribution in [0.15, 0.2) is 48.8 Å².